The van der Waals surface area contributed by atoms with Crippen molar-refractivity contribution in [2.45, 2.75) is 39.0 Å². The van der Waals surface area contributed by atoms with E-state index in [9.17, 15) is 9.59 Å². The maximum absolute atomic E-state index is 11.8. The van der Waals surface area contributed by atoms with E-state index < -0.39 is 6.03 Å². The monoisotopic (exact) mass is 243 g/mol. The first-order valence-electron chi connectivity index (χ1n) is 5.86. The van der Waals surface area contributed by atoms with E-state index in [4.69, 9.17) is 4.74 Å². The number of imide groups is 1. The summed E-state index contributed by atoms with van der Waals surface area (Å²) in [6.45, 7) is 7.15. The lowest BCUT2D eigenvalue weighted by molar-refractivity contribution is -0.130. The molecule has 0 aromatic carbocycles. The number of hydrogen-bond acceptors (Lipinski definition) is 4. The Hall–Kier alpha value is -1.14. The molecule has 2 N–H and O–H groups in total. The van der Waals surface area contributed by atoms with Crippen molar-refractivity contribution in [2.24, 2.45) is 0 Å². The highest BCUT2D eigenvalue weighted by molar-refractivity contribution is 5.96. The molecule has 0 saturated carbocycles. The minimum absolute atomic E-state index is 0.106. The van der Waals surface area contributed by atoms with Gasteiger partial charge in [0.05, 0.1) is 18.2 Å². The van der Waals surface area contributed by atoms with Gasteiger partial charge in [-0.1, -0.05) is 0 Å². The minimum Gasteiger partial charge on any atom is -0.373 e. The van der Waals surface area contributed by atoms with E-state index in [0.29, 0.717) is 13.1 Å². The number of carbonyl (C=O) groups is 2. The van der Waals surface area contributed by atoms with E-state index in [2.05, 4.69) is 10.6 Å². The topological polar surface area (TPSA) is 70.7 Å². The lowest BCUT2D eigenvalue weighted by Crippen LogP contribution is -2.55. The van der Waals surface area contributed by atoms with Crippen molar-refractivity contribution < 1.29 is 14.3 Å². The molecule has 0 spiro atoms. The van der Waals surface area contributed by atoms with E-state index in [1.807, 2.05) is 18.7 Å². The zero-order valence-electron chi connectivity index (χ0n) is 10.8. The Morgan fingerprint density at radius 1 is 1.29 bits per heavy atom. The molecule has 17 heavy (non-hydrogen) atoms. The van der Waals surface area contributed by atoms with Crippen LogP contribution in [0.4, 0.5) is 4.79 Å². The van der Waals surface area contributed by atoms with Gasteiger partial charge >= 0.3 is 6.03 Å². The highest BCUT2D eigenvalue weighted by Gasteiger charge is 2.29. The van der Waals surface area contributed by atoms with E-state index >= 15 is 0 Å². The number of carbonyl (C=O) groups excluding carboxylic acids is 2. The molecule has 0 aromatic heterocycles. The minimum atomic E-state index is -0.476. The number of nitrogens with one attached hydrogen (secondary N) is 2. The second kappa shape index (κ2) is 5.97. The number of rotatable bonds is 2. The Kier molecular flexibility index (Phi) is 4.89. The first kappa shape index (κ1) is 13.9. The van der Waals surface area contributed by atoms with Crippen LogP contribution in [0.25, 0.3) is 0 Å². The summed E-state index contributed by atoms with van der Waals surface area (Å²) in [6.07, 6.45) is 0.211. The van der Waals surface area contributed by atoms with Crippen molar-refractivity contribution >= 4 is 11.9 Å². The normalized spacial score (nSPS) is 27.3. The van der Waals surface area contributed by atoms with Crippen LogP contribution in [-0.4, -0.2) is 55.2 Å². The molecule has 1 fully saturated rings. The van der Waals surface area contributed by atoms with Crippen LogP contribution in [0.15, 0.2) is 0 Å². The predicted octanol–water partition coefficient (Wildman–Crippen LogP) is -0.0603. The van der Waals surface area contributed by atoms with Crippen LogP contribution in [0.5, 0.6) is 0 Å². The van der Waals surface area contributed by atoms with Gasteiger partial charge in [0.1, 0.15) is 0 Å². The van der Waals surface area contributed by atoms with Gasteiger partial charge in [0.25, 0.3) is 0 Å². The van der Waals surface area contributed by atoms with Crippen molar-refractivity contribution in [3.8, 4) is 0 Å². The van der Waals surface area contributed by atoms with E-state index in [1.165, 1.54) is 7.05 Å². The number of amides is 3. The van der Waals surface area contributed by atoms with Crippen LogP contribution in [0, 0.1) is 0 Å². The Morgan fingerprint density at radius 2 is 1.82 bits per heavy atom. The largest absolute Gasteiger partial charge is 0.373 e. The summed E-state index contributed by atoms with van der Waals surface area (Å²) in [6, 6.07) is -0.808. The van der Waals surface area contributed by atoms with Gasteiger partial charge in [-0.2, -0.15) is 0 Å². The quantitative estimate of drug-likeness (QED) is 0.713. The van der Waals surface area contributed by atoms with Crippen molar-refractivity contribution in [3.63, 3.8) is 0 Å². The average molecular weight is 243 g/mol. The van der Waals surface area contributed by atoms with Crippen LogP contribution in [-0.2, 0) is 9.53 Å². The molecule has 0 aromatic rings. The van der Waals surface area contributed by atoms with Gasteiger partial charge in [0.15, 0.2) is 0 Å². The Bertz CT molecular complexity index is 286. The molecule has 1 aliphatic heterocycles. The van der Waals surface area contributed by atoms with Crippen LogP contribution in [0.2, 0.25) is 0 Å². The fraction of sp³-hybridized carbons (Fsp3) is 0.818. The molecule has 0 aliphatic carbocycles. The molecule has 0 unspecified atom stereocenters. The molecular formula is C11H21N3O3. The number of nitrogens with zero attached hydrogens (tertiary/aromatic N) is 1. The van der Waals surface area contributed by atoms with Gasteiger partial charge in [0, 0.05) is 20.1 Å². The summed E-state index contributed by atoms with van der Waals surface area (Å²) in [7, 11) is 1.48. The van der Waals surface area contributed by atoms with Crippen molar-refractivity contribution in [1.29, 1.82) is 0 Å². The highest BCUT2D eigenvalue weighted by Crippen LogP contribution is 2.13. The summed E-state index contributed by atoms with van der Waals surface area (Å²) in [5.74, 6) is -0.286. The summed E-state index contributed by atoms with van der Waals surface area (Å²) < 4.78 is 5.60. The molecule has 3 amide bonds. The van der Waals surface area contributed by atoms with Crippen LogP contribution < -0.4 is 10.6 Å². The summed E-state index contributed by atoms with van der Waals surface area (Å²) in [5, 5.41) is 4.64. The fourth-order valence-electron chi connectivity index (χ4n) is 1.98. The van der Waals surface area contributed by atoms with Crippen molar-refractivity contribution in [2.75, 3.05) is 20.1 Å². The van der Waals surface area contributed by atoms with Gasteiger partial charge in [-0.3, -0.25) is 15.0 Å². The summed E-state index contributed by atoms with van der Waals surface area (Å²) in [5.41, 5.74) is 0. The molecule has 0 bridgehead atoms. The van der Waals surface area contributed by atoms with Gasteiger partial charge < -0.3 is 10.1 Å². The second-order valence-corrected chi connectivity index (χ2v) is 4.46. The Morgan fingerprint density at radius 3 is 2.29 bits per heavy atom. The first-order chi connectivity index (χ1) is 7.93. The van der Waals surface area contributed by atoms with E-state index in [0.717, 1.165) is 0 Å². The second-order valence-electron chi connectivity index (χ2n) is 4.46. The molecule has 1 rings (SSSR count). The smallest absolute Gasteiger partial charge is 0.321 e. The fourth-order valence-corrected chi connectivity index (χ4v) is 1.98. The maximum Gasteiger partial charge on any atom is 0.321 e. The number of morpholine rings is 1. The van der Waals surface area contributed by atoms with Gasteiger partial charge in [-0.25, -0.2) is 4.79 Å². The third-order valence-corrected chi connectivity index (χ3v) is 2.84. The van der Waals surface area contributed by atoms with Crippen LogP contribution in [0.3, 0.4) is 0 Å². The molecule has 1 saturated heterocycles. The molecule has 1 aliphatic rings. The molecule has 6 nitrogen and oxygen atoms in total. The summed E-state index contributed by atoms with van der Waals surface area (Å²) in [4.78, 5) is 24.8. The first-order valence-corrected chi connectivity index (χ1v) is 5.86. The predicted molar refractivity (Wildman–Crippen MR) is 63.6 cm³/mol. The molecule has 6 heteroatoms. The van der Waals surface area contributed by atoms with Crippen LogP contribution >= 0.6 is 0 Å². The number of ether oxygens (including phenoxy) is 1. The van der Waals surface area contributed by atoms with Crippen LogP contribution in [0.1, 0.15) is 20.8 Å². The molecule has 3 atom stereocenters. The van der Waals surface area contributed by atoms with Crippen molar-refractivity contribution in [1.82, 2.24) is 15.5 Å². The van der Waals surface area contributed by atoms with Gasteiger partial charge in [-0.15, -0.1) is 0 Å². The Labute approximate surface area is 102 Å². The summed E-state index contributed by atoms with van der Waals surface area (Å²) >= 11 is 0. The lowest BCUT2D eigenvalue weighted by atomic mass is 10.1. The van der Waals surface area contributed by atoms with E-state index in [1.54, 1.807) is 6.92 Å². The van der Waals surface area contributed by atoms with Gasteiger partial charge in [0.2, 0.25) is 5.91 Å². The molecule has 98 valence electrons. The maximum atomic E-state index is 11.8. The third kappa shape index (κ3) is 3.98. The van der Waals surface area contributed by atoms with E-state index in [-0.39, 0.29) is 24.2 Å². The molecule has 0 radical (unpaired) electrons. The lowest BCUT2D eigenvalue weighted by Gasteiger charge is -2.38. The number of urea groups is 1. The Balaban J connectivity index is 2.53. The standard InChI is InChI=1S/C11H21N3O3/c1-7-5-14(6-8(2)17-7)9(3)10(15)13-11(16)12-4/h7-9H,5-6H2,1-4H3,(H2,12,13,15,16)/t7-,8+,9-/m1/s1. The highest BCUT2D eigenvalue weighted by atomic mass is 16.5. The zero-order valence-corrected chi connectivity index (χ0v) is 10.8. The molecule has 1 heterocycles. The zero-order chi connectivity index (χ0) is 13.0. The third-order valence-electron chi connectivity index (χ3n) is 2.84. The SMILES string of the molecule is CNC(=O)NC(=O)[C@@H](C)N1C[C@@H](C)O[C@@H](C)C1. The average Bonchev–Trinajstić information content (AvgIpc) is 2.26. The molecular weight excluding hydrogens is 222 g/mol. The number of hydrogen-bond donors (Lipinski definition) is 2. The van der Waals surface area contributed by atoms with Crippen molar-refractivity contribution in [3.05, 3.63) is 0 Å². The van der Waals surface area contributed by atoms with Gasteiger partial charge in [-0.05, 0) is 20.8 Å².